The molecule has 0 aromatic heterocycles. The molecule has 1 aliphatic rings. The van der Waals surface area contributed by atoms with Crippen LogP contribution in [0.25, 0.3) is 0 Å². The van der Waals surface area contributed by atoms with Crippen LogP contribution in [0.2, 0.25) is 5.02 Å². The molecule has 4 heteroatoms. The summed E-state index contributed by atoms with van der Waals surface area (Å²) in [7, 11) is 0. The van der Waals surface area contributed by atoms with Crippen LogP contribution in [-0.4, -0.2) is 12.5 Å². The van der Waals surface area contributed by atoms with Gasteiger partial charge in [-0.1, -0.05) is 44.5 Å². The number of amides is 1. The van der Waals surface area contributed by atoms with Crippen molar-refractivity contribution in [2.75, 3.05) is 16.8 Å². The summed E-state index contributed by atoms with van der Waals surface area (Å²) < 4.78 is 0. The minimum atomic E-state index is -0.00378. The van der Waals surface area contributed by atoms with Crippen LogP contribution >= 0.6 is 11.6 Å². The van der Waals surface area contributed by atoms with Gasteiger partial charge in [0.2, 0.25) is 5.91 Å². The molecule has 3 rings (SSSR count). The molecule has 2 aromatic carbocycles. The molecule has 0 fully saturated rings. The zero-order chi connectivity index (χ0) is 18.0. The van der Waals surface area contributed by atoms with E-state index < -0.39 is 0 Å². The van der Waals surface area contributed by atoms with Gasteiger partial charge in [-0.05, 0) is 53.3 Å². The standard InChI is InChI=1S/C21H25ClN2O/c1-21(2,3)13-20(25)23-18-8-9-19-16(12-18)10-11-24(19)14-15-4-6-17(22)7-5-15/h4-9,12H,10-11,13-14H2,1-3H3,(H,23,25). The average Bonchev–Trinajstić information content (AvgIpc) is 2.90. The van der Waals surface area contributed by atoms with Crippen molar-refractivity contribution >= 4 is 28.9 Å². The van der Waals surface area contributed by atoms with E-state index in [0.717, 1.165) is 30.2 Å². The summed E-state index contributed by atoms with van der Waals surface area (Å²) in [6, 6.07) is 14.2. The Morgan fingerprint density at radius 3 is 2.56 bits per heavy atom. The highest BCUT2D eigenvalue weighted by molar-refractivity contribution is 6.30. The van der Waals surface area contributed by atoms with E-state index in [2.05, 4.69) is 55.3 Å². The van der Waals surface area contributed by atoms with E-state index in [9.17, 15) is 4.79 Å². The molecule has 1 heterocycles. The number of nitrogens with one attached hydrogen (secondary N) is 1. The molecule has 0 aliphatic carbocycles. The molecule has 0 bridgehead atoms. The van der Waals surface area contributed by atoms with E-state index in [1.54, 1.807) is 0 Å². The van der Waals surface area contributed by atoms with Crippen LogP contribution in [0.3, 0.4) is 0 Å². The predicted molar refractivity (Wildman–Crippen MR) is 105 cm³/mol. The van der Waals surface area contributed by atoms with Crippen LogP contribution in [-0.2, 0) is 17.8 Å². The first kappa shape index (κ1) is 17.8. The molecular weight excluding hydrogens is 332 g/mol. The second-order valence-corrected chi connectivity index (χ2v) is 8.36. The molecule has 0 radical (unpaired) electrons. The Balaban J connectivity index is 1.68. The maximum absolute atomic E-state index is 12.1. The Kier molecular flexibility index (Phi) is 5.05. The molecule has 1 N–H and O–H groups in total. The summed E-state index contributed by atoms with van der Waals surface area (Å²) in [6.07, 6.45) is 1.53. The molecule has 1 amide bonds. The number of carbonyl (C=O) groups excluding carboxylic acids is 1. The molecule has 132 valence electrons. The molecule has 0 saturated carbocycles. The van der Waals surface area contributed by atoms with Gasteiger partial charge in [-0.15, -0.1) is 0 Å². The van der Waals surface area contributed by atoms with Crippen molar-refractivity contribution in [2.24, 2.45) is 5.41 Å². The number of halogens is 1. The Labute approximate surface area is 155 Å². The van der Waals surface area contributed by atoms with E-state index in [0.29, 0.717) is 6.42 Å². The molecule has 0 atom stereocenters. The van der Waals surface area contributed by atoms with E-state index >= 15 is 0 Å². The van der Waals surface area contributed by atoms with Gasteiger partial charge in [-0.3, -0.25) is 4.79 Å². The van der Waals surface area contributed by atoms with Crippen molar-refractivity contribution in [3.05, 3.63) is 58.6 Å². The minimum absolute atomic E-state index is 0.00378. The smallest absolute Gasteiger partial charge is 0.224 e. The highest BCUT2D eigenvalue weighted by atomic mass is 35.5. The summed E-state index contributed by atoms with van der Waals surface area (Å²) >= 11 is 5.96. The lowest BCUT2D eigenvalue weighted by atomic mass is 9.92. The lowest BCUT2D eigenvalue weighted by Gasteiger charge is -2.20. The van der Waals surface area contributed by atoms with Gasteiger partial charge in [-0.25, -0.2) is 0 Å². The van der Waals surface area contributed by atoms with Gasteiger partial charge in [-0.2, -0.15) is 0 Å². The fraction of sp³-hybridized carbons (Fsp3) is 0.381. The molecule has 1 aliphatic heterocycles. The number of nitrogens with zero attached hydrogens (tertiary/aromatic N) is 1. The van der Waals surface area contributed by atoms with Gasteiger partial charge in [0.25, 0.3) is 0 Å². The zero-order valence-electron chi connectivity index (χ0n) is 15.1. The molecule has 25 heavy (non-hydrogen) atoms. The highest BCUT2D eigenvalue weighted by Gasteiger charge is 2.21. The first-order valence-corrected chi connectivity index (χ1v) is 9.10. The molecule has 0 saturated heterocycles. The van der Waals surface area contributed by atoms with E-state index in [4.69, 9.17) is 11.6 Å². The second kappa shape index (κ2) is 7.09. The number of anilines is 2. The van der Waals surface area contributed by atoms with Crippen molar-refractivity contribution in [1.29, 1.82) is 0 Å². The second-order valence-electron chi connectivity index (χ2n) is 7.93. The topological polar surface area (TPSA) is 32.3 Å². The van der Waals surface area contributed by atoms with Crippen LogP contribution < -0.4 is 10.2 Å². The Morgan fingerprint density at radius 1 is 1.16 bits per heavy atom. The van der Waals surface area contributed by atoms with Crippen molar-refractivity contribution in [2.45, 2.75) is 40.2 Å². The van der Waals surface area contributed by atoms with Crippen LogP contribution in [0.4, 0.5) is 11.4 Å². The largest absolute Gasteiger partial charge is 0.367 e. The van der Waals surface area contributed by atoms with Gasteiger partial charge in [0.05, 0.1) is 0 Å². The molecule has 2 aromatic rings. The van der Waals surface area contributed by atoms with E-state index in [1.165, 1.54) is 16.8 Å². The maximum Gasteiger partial charge on any atom is 0.224 e. The molecular formula is C21H25ClN2O. The summed E-state index contributed by atoms with van der Waals surface area (Å²) in [5.41, 5.74) is 4.68. The zero-order valence-corrected chi connectivity index (χ0v) is 15.9. The summed E-state index contributed by atoms with van der Waals surface area (Å²) in [4.78, 5) is 14.5. The third-order valence-electron chi connectivity index (χ3n) is 4.33. The van der Waals surface area contributed by atoms with Crippen LogP contribution in [0, 0.1) is 5.41 Å². The normalized spacial score (nSPS) is 13.7. The van der Waals surface area contributed by atoms with Crippen molar-refractivity contribution < 1.29 is 4.79 Å². The summed E-state index contributed by atoms with van der Waals surface area (Å²) in [5, 5.41) is 3.79. The maximum atomic E-state index is 12.1. The lowest BCUT2D eigenvalue weighted by Crippen LogP contribution is -2.20. The third-order valence-corrected chi connectivity index (χ3v) is 4.58. The highest BCUT2D eigenvalue weighted by Crippen LogP contribution is 2.32. The summed E-state index contributed by atoms with van der Waals surface area (Å²) in [6.45, 7) is 8.09. The van der Waals surface area contributed by atoms with Crippen LogP contribution in [0.15, 0.2) is 42.5 Å². The Bertz CT molecular complexity index is 762. The van der Waals surface area contributed by atoms with Crippen molar-refractivity contribution in [1.82, 2.24) is 0 Å². The van der Waals surface area contributed by atoms with Crippen LogP contribution in [0.5, 0.6) is 0 Å². The SMILES string of the molecule is CC(C)(C)CC(=O)Nc1ccc2c(c1)CCN2Cc1ccc(Cl)cc1. The predicted octanol–water partition coefficient (Wildman–Crippen LogP) is 5.28. The number of benzene rings is 2. The van der Waals surface area contributed by atoms with Crippen molar-refractivity contribution in [3.63, 3.8) is 0 Å². The fourth-order valence-electron chi connectivity index (χ4n) is 3.21. The third kappa shape index (κ3) is 4.76. The van der Waals surface area contributed by atoms with Gasteiger partial charge in [0.15, 0.2) is 0 Å². The van der Waals surface area contributed by atoms with Crippen molar-refractivity contribution in [3.8, 4) is 0 Å². The van der Waals surface area contributed by atoms with Crippen LogP contribution in [0.1, 0.15) is 38.3 Å². The Hall–Kier alpha value is -2.00. The molecule has 0 unspecified atom stereocenters. The number of carbonyl (C=O) groups is 1. The quantitative estimate of drug-likeness (QED) is 0.808. The molecule has 3 nitrogen and oxygen atoms in total. The van der Waals surface area contributed by atoms with E-state index in [-0.39, 0.29) is 11.3 Å². The minimum Gasteiger partial charge on any atom is -0.367 e. The fourth-order valence-corrected chi connectivity index (χ4v) is 3.34. The van der Waals surface area contributed by atoms with E-state index in [1.807, 2.05) is 18.2 Å². The van der Waals surface area contributed by atoms with Gasteiger partial charge < -0.3 is 10.2 Å². The first-order valence-electron chi connectivity index (χ1n) is 8.72. The molecule has 0 spiro atoms. The Morgan fingerprint density at radius 2 is 1.88 bits per heavy atom. The number of fused-ring (bicyclic) bond motifs is 1. The first-order chi connectivity index (χ1) is 11.8. The number of hydrogen-bond acceptors (Lipinski definition) is 2. The average molecular weight is 357 g/mol. The number of rotatable bonds is 4. The summed E-state index contributed by atoms with van der Waals surface area (Å²) in [5.74, 6) is 0.0727. The number of hydrogen-bond donors (Lipinski definition) is 1. The lowest BCUT2D eigenvalue weighted by molar-refractivity contribution is -0.117. The van der Waals surface area contributed by atoms with Gasteiger partial charge >= 0.3 is 0 Å². The monoisotopic (exact) mass is 356 g/mol. The van der Waals surface area contributed by atoms with Gasteiger partial charge in [0.1, 0.15) is 0 Å². The van der Waals surface area contributed by atoms with Gasteiger partial charge in [0, 0.05) is 35.9 Å².